The van der Waals surface area contributed by atoms with Crippen molar-refractivity contribution >= 4 is 11.9 Å². The molecule has 7 nitrogen and oxygen atoms in total. The number of hydrogen-bond donors (Lipinski definition) is 0. The second-order valence-electron chi connectivity index (χ2n) is 3.34. The number of carbonyl (C=O) groups excluding carboxylic acids is 2. The molecule has 0 saturated heterocycles. The zero-order valence-corrected chi connectivity index (χ0v) is 10.6. The Morgan fingerprint density at radius 1 is 1.21 bits per heavy atom. The average molecular weight is 263 g/mol. The Kier molecular flexibility index (Phi) is 5.41. The van der Waals surface area contributed by atoms with Gasteiger partial charge in [0.05, 0.1) is 13.2 Å². The van der Waals surface area contributed by atoms with Crippen LogP contribution in [-0.4, -0.2) is 35.1 Å². The number of ether oxygens (including phenoxy) is 2. The number of esters is 2. The Bertz CT molecular complexity index is 492. The van der Waals surface area contributed by atoms with E-state index in [4.69, 9.17) is 14.7 Å². The molecular formula is C12H13N3O4. The molecule has 0 aliphatic rings. The maximum Gasteiger partial charge on any atom is 0.326 e. The molecule has 0 radical (unpaired) electrons. The van der Waals surface area contributed by atoms with Crippen LogP contribution in [-0.2, 0) is 19.1 Å². The van der Waals surface area contributed by atoms with Crippen molar-refractivity contribution in [3.63, 3.8) is 0 Å². The molecule has 19 heavy (non-hydrogen) atoms. The van der Waals surface area contributed by atoms with Crippen molar-refractivity contribution in [1.29, 1.82) is 5.26 Å². The van der Waals surface area contributed by atoms with E-state index in [9.17, 15) is 9.59 Å². The molecule has 0 saturated carbocycles. The molecule has 0 atom stereocenters. The Morgan fingerprint density at radius 2 is 1.74 bits per heavy atom. The largest absolute Gasteiger partial charge is 0.465 e. The van der Waals surface area contributed by atoms with Gasteiger partial charge in [-0.1, -0.05) is 0 Å². The van der Waals surface area contributed by atoms with Crippen LogP contribution in [0.2, 0.25) is 0 Å². The van der Waals surface area contributed by atoms with E-state index in [-0.39, 0.29) is 24.6 Å². The topological polar surface area (TPSA) is 102 Å². The Hall–Kier alpha value is -2.49. The van der Waals surface area contributed by atoms with Crippen LogP contribution in [0, 0.1) is 11.3 Å². The van der Waals surface area contributed by atoms with Gasteiger partial charge in [0.15, 0.2) is 11.6 Å². The molecule has 1 aromatic heterocycles. The summed E-state index contributed by atoms with van der Waals surface area (Å²) < 4.78 is 9.62. The molecule has 0 unspecified atom stereocenters. The van der Waals surface area contributed by atoms with Crippen LogP contribution in [0.15, 0.2) is 12.4 Å². The highest BCUT2D eigenvalue weighted by Gasteiger charge is 2.35. The molecule has 0 fully saturated rings. The third-order valence-corrected chi connectivity index (χ3v) is 2.15. The first-order chi connectivity index (χ1) is 9.15. The Labute approximate surface area is 110 Å². The van der Waals surface area contributed by atoms with Crippen molar-refractivity contribution in [1.82, 2.24) is 9.97 Å². The summed E-state index contributed by atoms with van der Waals surface area (Å²) >= 11 is 0. The molecule has 1 aromatic rings. The van der Waals surface area contributed by atoms with Gasteiger partial charge in [0.2, 0.25) is 0 Å². The maximum absolute atomic E-state index is 11.8. The lowest BCUT2D eigenvalue weighted by molar-refractivity contribution is -0.157. The van der Waals surface area contributed by atoms with Gasteiger partial charge in [0, 0.05) is 12.4 Å². The minimum Gasteiger partial charge on any atom is -0.465 e. The monoisotopic (exact) mass is 263 g/mol. The van der Waals surface area contributed by atoms with Crippen molar-refractivity contribution in [2.45, 2.75) is 19.8 Å². The summed E-state index contributed by atoms with van der Waals surface area (Å²) in [5, 5.41) is 8.93. The normalized spacial score (nSPS) is 9.79. The van der Waals surface area contributed by atoms with Crippen LogP contribution >= 0.6 is 0 Å². The highest BCUT2D eigenvalue weighted by Crippen LogP contribution is 2.19. The summed E-state index contributed by atoms with van der Waals surface area (Å²) in [7, 11) is 0. The van der Waals surface area contributed by atoms with E-state index >= 15 is 0 Å². The fourth-order valence-electron chi connectivity index (χ4n) is 1.42. The summed E-state index contributed by atoms with van der Waals surface area (Å²) in [6.07, 6.45) is 2.59. The van der Waals surface area contributed by atoms with Crippen molar-refractivity contribution in [3.8, 4) is 6.07 Å². The minimum absolute atomic E-state index is 0.0538. The van der Waals surface area contributed by atoms with Crippen molar-refractivity contribution in [3.05, 3.63) is 23.8 Å². The minimum atomic E-state index is -1.39. The predicted molar refractivity (Wildman–Crippen MR) is 62.8 cm³/mol. The number of nitrogens with zero attached hydrogens (tertiary/aromatic N) is 3. The molecule has 1 heterocycles. The molecule has 0 aromatic carbocycles. The third kappa shape index (κ3) is 3.48. The number of hydrogen-bond acceptors (Lipinski definition) is 7. The van der Waals surface area contributed by atoms with E-state index in [2.05, 4.69) is 9.97 Å². The molecule has 0 aliphatic heterocycles. The summed E-state index contributed by atoms with van der Waals surface area (Å²) in [4.78, 5) is 31.3. The Balaban J connectivity index is 3.19. The summed E-state index contributed by atoms with van der Waals surface area (Å²) in [5.41, 5.74) is -0.157. The van der Waals surface area contributed by atoms with Crippen molar-refractivity contribution in [2.75, 3.05) is 13.2 Å². The van der Waals surface area contributed by atoms with Crippen LogP contribution in [0.4, 0.5) is 0 Å². The first-order valence-corrected chi connectivity index (χ1v) is 5.69. The van der Waals surface area contributed by atoms with E-state index < -0.39 is 17.9 Å². The highest BCUT2D eigenvalue weighted by atomic mass is 16.6. The number of carbonyl (C=O) groups is 2. The van der Waals surface area contributed by atoms with Gasteiger partial charge in [-0.05, 0) is 13.8 Å². The number of rotatable bonds is 5. The summed E-state index contributed by atoms with van der Waals surface area (Å²) in [6, 6.07) is 1.78. The molecule has 0 spiro atoms. The van der Waals surface area contributed by atoms with Gasteiger partial charge in [0.1, 0.15) is 11.8 Å². The van der Waals surface area contributed by atoms with Crippen LogP contribution in [0.1, 0.15) is 31.2 Å². The molecule has 0 bridgehead atoms. The summed E-state index contributed by atoms with van der Waals surface area (Å²) in [5.74, 6) is -3.00. The van der Waals surface area contributed by atoms with Crippen molar-refractivity contribution in [2.24, 2.45) is 0 Å². The highest BCUT2D eigenvalue weighted by molar-refractivity contribution is 6.00. The molecular weight excluding hydrogens is 250 g/mol. The van der Waals surface area contributed by atoms with Gasteiger partial charge in [-0.15, -0.1) is 0 Å². The molecule has 7 heteroatoms. The van der Waals surface area contributed by atoms with Gasteiger partial charge in [-0.2, -0.15) is 5.26 Å². The first kappa shape index (κ1) is 14.6. The van der Waals surface area contributed by atoms with Gasteiger partial charge < -0.3 is 9.47 Å². The second-order valence-corrected chi connectivity index (χ2v) is 3.34. The van der Waals surface area contributed by atoms with Crippen molar-refractivity contribution < 1.29 is 19.1 Å². The fourth-order valence-corrected chi connectivity index (χ4v) is 1.42. The number of aromatic nitrogens is 2. The van der Waals surface area contributed by atoms with Gasteiger partial charge in [0.25, 0.3) is 0 Å². The molecule has 0 aliphatic carbocycles. The molecule has 0 N–H and O–H groups in total. The fraction of sp³-hybridized carbons (Fsp3) is 0.417. The van der Waals surface area contributed by atoms with Crippen LogP contribution < -0.4 is 0 Å². The van der Waals surface area contributed by atoms with Gasteiger partial charge >= 0.3 is 11.9 Å². The third-order valence-electron chi connectivity index (χ3n) is 2.15. The van der Waals surface area contributed by atoms with Crippen LogP contribution in [0.5, 0.6) is 0 Å². The lowest BCUT2D eigenvalue weighted by Crippen LogP contribution is -2.28. The zero-order chi connectivity index (χ0) is 14.3. The number of nitriles is 1. The summed E-state index contributed by atoms with van der Waals surface area (Å²) in [6.45, 7) is 3.44. The van der Waals surface area contributed by atoms with Gasteiger partial charge in [-0.25, -0.2) is 4.98 Å². The quantitative estimate of drug-likeness (QED) is 0.564. The SMILES string of the molecule is CCOC(=O)C(C(=O)OCC)c1nccnc1C#N. The molecule has 0 amide bonds. The average Bonchev–Trinajstić information content (AvgIpc) is 2.40. The standard InChI is InChI=1S/C12H13N3O4/c1-3-18-11(16)9(12(17)19-4-2)10-8(7-13)14-5-6-15-10/h5-6,9H,3-4H2,1-2H3. The van der Waals surface area contributed by atoms with Crippen LogP contribution in [0.25, 0.3) is 0 Å². The maximum atomic E-state index is 11.8. The van der Waals surface area contributed by atoms with E-state index in [1.807, 2.05) is 0 Å². The van der Waals surface area contributed by atoms with Gasteiger partial charge in [-0.3, -0.25) is 14.6 Å². The molecule has 100 valence electrons. The lowest BCUT2D eigenvalue weighted by atomic mass is 10.0. The van der Waals surface area contributed by atoms with E-state index in [1.165, 1.54) is 12.4 Å². The lowest BCUT2D eigenvalue weighted by Gasteiger charge is -2.14. The van der Waals surface area contributed by atoms with E-state index in [1.54, 1.807) is 19.9 Å². The van der Waals surface area contributed by atoms with E-state index in [0.29, 0.717) is 0 Å². The first-order valence-electron chi connectivity index (χ1n) is 5.69. The van der Waals surface area contributed by atoms with E-state index in [0.717, 1.165) is 0 Å². The molecule has 1 rings (SSSR count). The smallest absolute Gasteiger partial charge is 0.326 e. The zero-order valence-electron chi connectivity index (χ0n) is 10.6. The Morgan fingerprint density at radius 3 is 2.21 bits per heavy atom. The van der Waals surface area contributed by atoms with Crippen LogP contribution in [0.3, 0.4) is 0 Å². The second kappa shape index (κ2) is 7.06. The predicted octanol–water partition coefficient (Wildman–Crippen LogP) is 0.558.